The monoisotopic (exact) mass is 542 g/mol. The summed E-state index contributed by atoms with van der Waals surface area (Å²) in [5.74, 6) is -0.894. The van der Waals surface area contributed by atoms with Crippen molar-refractivity contribution >= 4 is 58.8 Å². The molecule has 6 nitrogen and oxygen atoms in total. The molecule has 2 aromatic rings. The smallest absolute Gasteiger partial charge is 0.404 e. The maximum absolute atomic E-state index is 12.4. The Morgan fingerprint density at radius 2 is 1.79 bits per heavy atom. The number of nitrogens with two attached hydrogens (primary N) is 1. The summed E-state index contributed by atoms with van der Waals surface area (Å²) in [7, 11) is 0. The number of benzene rings is 2. The predicted octanol–water partition coefficient (Wildman–Crippen LogP) is 4.92. The molecule has 0 atom stereocenters. The number of anilines is 2. The van der Waals surface area contributed by atoms with E-state index in [1.54, 1.807) is 25.1 Å². The van der Waals surface area contributed by atoms with Crippen molar-refractivity contribution in [1.29, 1.82) is 0 Å². The molecule has 0 bridgehead atoms. The lowest BCUT2D eigenvalue weighted by Crippen LogP contribution is -2.25. The van der Waals surface area contributed by atoms with Crippen LogP contribution in [0.1, 0.15) is 12.0 Å². The number of carbonyl (C=O) groups is 1. The van der Waals surface area contributed by atoms with Crippen molar-refractivity contribution in [2.45, 2.75) is 19.7 Å². The molecule has 2 aromatic carbocycles. The zero-order valence-corrected chi connectivity index (χ0v) is 18.3. The largest absolute Gasteiger partial charge is 0.573 e. The quantitative estimate of drug-likeness (QED) is 0.275. The normalized spacial score (nSPS) is 11.4. The number of para-hydroxylation sites is 2. The van der Waals surface area contributed by atoms with Crippen molar-refractivity contribution in [1.82, 2.24) is 0 Å². The highest BCUT2D eigenvalue weighted by molar-refractivity contribution is 14.0. The fraction of sp³-hybridized carbons (Fsp3) is 0.222. The maximum atomic E-state index is 12.4. The molecule has 0 aliphatic heterocycles. The van der Waals surface area contributed by atoms with Crippen LogP contribution in [0.5, 0.6) is 5.75 Å². The number of aliphatic imine (C=N–C) groups is 1. The minimum absolute atomic E-state index is 0. The number of rotatable bonds is 6. The SMILES string of the molecule is Cc1c(Cl)cccc1NC(=O)CCN=C(N)Nc1ccccc1OC(F)(F)F.I. The molecule has 0 aromatic heterocycles. The van der Waals surface area contributed by atoms with Crippen LogP contribution in [0.15, 0.2) is 47.5 Å². The number of hydrogen-bond donors (Lipinski definition) is 3. The molecule has 0 unspecified atom stereocenters. The number of carbonyl (C=O) groups excluding carboxylic acids is 1. The van der Waals surface area contributed by atoms with Gasteiger partial charge >= 0.3 is 6.36 Å². The van der Waals surface area contributed by atoms with Crippen LogP contribution in [0, 0.1) is 6.92 Å². The average Bonchev–Trinajstić information content (AvgIpc) is 2.59. The van der Waals surface area contributed by atoms with Gasteiger partial charge in [-0.15, -0.1) is 37.1 Å². The molecule has 2 rings (SSSR count). The molecule has 0 aliphatic carbocycles. The number of hydrogen-bond acceptors (Lipinski definition) is 3. The highest BCUT2D eigenvalue weighted by Crippen LogP contribution is 2.29. The van der Waals surface area contributed by atoms with Crippen LogP contribution in [0.2, 0.25) is 5.02 Å². The molecule has 0 fully saturated rings. The molecular formula is C18H19ClF3IN4O2. The van der Waals surface area contributed by atoms with E-state index in [-0.39, 0.29) is 54.5 Å². The molecule has 0 saturated heterocycles. The van der Waals surface area contributed by atoms with Crippen molar-refractivity contribution < 1.29 is 22.7 Å². The van der Waals surface area contributed by atoms with Crippen molar-refractivity contribution in [3.63, 3.8) is 0 Å². The Balaban J connectivity index is 0.00000420. The minimum Gasteiger partial charge on any atom is -0.404 e. The van der Waals surface area contributed by atoms with E-state index in [1.165, 1.54) is 18.2 Å². The average molecular weight is 543 g/mol. The summed E-state index contributed by atoms with van der Waals surface area (Å²) < 4.78 is 41.2. The van der Waals surface area contributed by atoms with E-state index in [1.807, 2.05) is 0 Å². The third-order valence-electron chi connectivity index (χ3n) is 3.54. The standard InChI is InChI=1S/C18H18ClF3N4O2.HI/c1-11-12(19)5-4-7-13(11)25-16(27)9-10-24-17(23)26-14-6-2-3-8-15(14)28-18(20,21)22;/h2-8H,9-10H2,1H3,(H,25,27)(H3,23,24,26);1H. The molecule has 0 aliphatic rings. The summed E-state index contributed by atoms with van der Waals surface area (Å²) in [4.78, 5) is 15.9. The number of amides is 1. The van der Waals surface area contributed by atoms with Gasteiger partial charge in [-0.25, -0.2) is 0 Å². The lowest BCUT2D eigenvalue weighted by Gasteiger charge is -2.14. The van der Waals surface area contributed by atoms with Gasteiger partial charge in [-0.2, -0.15) is 0 Å². The van der Waals surface area contributed by atoms with Gasteiger partial charge in [0, 0.05) is 17.1 Å². The van der Waals surface area contributed by atoms with E-state index in [2.05, 4.69) is 20.4 Å². The van der Waals surface area contributed by atoms with Crippen LogP contribution in [0.25, 0.3) is 0 Å². The number of nitrogens with zero attached hydrogens (tertiary/aromatic N) is 1. The second-order valence-corrected chi connectivity index (χ2v) is 6.05. The first-order valence-electron chi connectivity index (χ1n) is 8.12. The maximum Gasteiger partial charge on any atom is 0.573 e. The number of ether oxygens (including phenoxy) is 1. The van der Waals surface area contributed by atoms with Crippen LogP contribution >= 0.6 is 35.6 Å². The summed E-state index contributed by atoms with van der Waals surface area (Å²) in [5, 5.41) is 5.77. The summed E-state index contributed by atoms with van der Waals surface area (Å²) in [6, 6.07) is 10.5. The Labute approximate surface area is 187 Å². The molecule has 0 radical (unpaired) electrons. The fourth-order valence-corrected chi connectivity index (χ4v) is 2.37. The van der Waals surface area contributed by atoms with Crippen LogP contribution in [-0.2, 0) is 4.79 Å². The summed E-state index contributed by atoms with van der Waals surface area (Å²) >= 11 is 5.99. The van der Waals surface area contributed by atoms with Gasteiger partial charge in [0.15, 0.2) is 11.7 Å². The third-order valence-corrected chi connectivity index (χ3v) is 3.95. The van der Waals surface area contributed by atoms with Gasteiger partial charge in [-0.05, 0) is 36.8 Å². The van der Waals surface area contributed by atoms with Gasteiger partial charge in [0.1, 0.15) is 0 Å². The van der Waals surface area contributed by atoms with E-state index in [0.29, 0.717) is 10.7 Å². The Morgan fingerprint density at radius 1 is 1.14 bits per heavy atom. The Kier molecular flexibility index (Phi) is 9.50. The molecule has 11 heteroatoms. The van der Waals surface area contributed by atoms with Crippen molar-refractivity contribution in [3.8, 4) is 5.75 Å². The number of nitrogens with one attached hydrogen (secondary N) is 2. The van der Waals surface area contributed by atoms with E-state index in [9.17, 15) is 18.0 Å². The Morgan fingerprint density at radius 3 is 2.48 bits per heavy atom. The number of guanidine groups is 1. The second kappa shape index (κ2) is 11.1. The van der Waals surface area contributed by atoms with E-state index >= 15 is 0 Å². The van der Waals surface area contributed by atoms with Gasteiger partial charge in [-0.1, -0.05) is 29.8 Å². The first-order chi connectivity index (χ1) is 13.2. The van der Waals surface area contributed by atoms with Crippen molar-refractivity contribution in [3.05, 3.63) is 53.1 Å². The molecule has 158 valence electrons. The molecule has 0 saturated carbocycles. The van der Waals surface area contributed by atoms with Crippen LogP contribution in [0.4, 0.5) is 24.5 Å². The molecule has 4 N–H and O–H groups in total. The van der Waals surface area contributed by atoms with E-state index in [4.69, 9.17) is 17.3 Å². The van der Waals surface area contributed by atoms with Crippen LogP contribution < -0.4 is 21.1 Å². The molecule has 0 spiro atoms. The number of alkyl halides is 3. The zero-order chi connectivity index (χ0) is 20.7. The highest BCUT2D eigenvalue weighted by atomic mass is 127. The zero-order valence-electron chi connectivity index (χ0n) is 15.2. The summed E-state index contributed by atoms with van der Waals surface area (Å²) in [6.07, 6.45) is -4.81. The van der Waals surface area contributed by atoms with E-state index < -0.39 is 12.1 Å². The summed E-state index contributed by atoms with van der Waals surface area (Å²) in [5.41, 5.74) is 7.00. The first kappa shape index (κ1) is 24.8. The Hall–Kier alpha value is -2.21. The molecule has 1 amide bonds. The van der Waals surface area contributed by atoms with Gasteiger partial charge in [-0.3, -0.25) is 9.79 Å². The van der Waals surface area contributed by atoms with Gasteiger partial charge in [0.25, 0.3) is 0 Å². The lowest BCUT2D eigenvalue weighted by atomic mass is 10.2. The van der Waals surface area contributed by atoms with E-state index in [0.717, 1.165) is 11.6 Å². The fourth-order valence-electron chi connectivity index (χ4n) is 2.19. The first-order valence-corrected chi connectivity index (χ1v) is 8.50. The van der Waals surface area contributed by atoms with Gasteiger partial charge in [0.2, 0.25) is 5.91 Å². The van der Waals surface area contributed by atoms with Gasteiger partial charge in [0.05, 0.1) is 12.2 Å². The minimum atomic E-state index is -4.83. The number of halogens is 5. The van der Waals surface area contributed by atoms with Crippen molar-refractivity contribution in [2.75, 3.05) is 17.2 Å². The van der Waals surface area contributed by atoms with Gasteiger partial charge < -0.3 is 21.1 Å². The van der Waals surface area contributed by atoms with Crippen LogP contribution in [0.3, 0.4) is 0 Å². The summed E-state index contributed by atoms with van der Waals surface area (Å²) in [6.45, 7) is 1.81. The topological polar surface area (TPSA) is 88.7 Å². The Bertz CT molecular complexity index is 878. The molecule has 29 heavy (non-hydrogen) atoms. The lowest BCUT2D eigenvalue weighted by molar-refractivity contribution is -0.274. The molecular weight excluding hydrogens is 524 g/mol. The molecule has 0 heterocycles. The third kappa shape index (κ3) is 8.36. The predicted molar refractivity (Wildman–Crippen MR) is 118 cm³/mol. The van der Waals surface area contributed by atoms with Crippen LogP contribution in [-0.4, -0.2) is 24.8 Å². The second-order valence-electron chi connectivity index (χ2n) is 5.65. The highest BCUT2D eigenvalue weighted by Gasteiger charge is 2.32. The van der Waals surface area contributed by atoms with Crippen molar-refractivity contribution in [2.24, 2.45) is 10.7 Å².